The first kappa shape index (κ1) is 27.1. The second-order valence-electron chi connectivity index (χ2n) is 8.07. The number of hydrogen-bond donors (Lipinski definition) is 1. The first-order chi connectivity index (χ1) is 17.4. The molecule has 9 heteroatoms. The average molecular weight is 512 g/mol. The molecule has 0 saturated carbocycles. The highest BCUT2D eigenvalue weighted by Crippen LogP contribution is 2.48. The van der Waals surface area contributed by atoms with Crippen molar-refractivity contribution in [2.75, 3.05) is 13.3 Å². The third kappa shape index (κ3) is 8.96. The third-order valence-corrected chi connectivity index (χ3v) is 7.10. The number of carbonyl (C=O) groups excluding carboxylic acids is 2. The molecule has 36 heavy (non-hydrogen) atoms. The molecular formula is C27H30NO7P. The number of ether oxygens (including phenoxy) is 2. The molecule has 8 nitrogen and oxygen atoms in total. The smallest absolute Gasteiger partial charge is 0.378 e. The van der Waals surface area contributed by atoms with Crippen molar-refractivity contribution in [2.24, 2.45) is 5.73 Å². The molecule has 0 unspecified atom stereocenters. The van der Waals surface area contributed by atoms with Gasteiger partial charge < -0.3 is 24.3 Å². The minimum Gasteiger partial charge on any atom is -0.461 e. The molecule has 3 aromatic rings. The van der Waals surface area contributed by atoms with E-state index >= 15 is 0 Å². The van der Waals surface area contributed by atoms with Crippen molar-refractivity contribution < 1.29 is 32.7 Å². The Kier molecular flexibility index (Phi) is 10.2. The topological polar surface area (TPSA) is 114 Å². The number of hydrogen-bond acceptors (Lipinski definition) is 8. The fourth-order valence-electron chi connectivity index (χ4n) is 3.25. The zero-order valence-electron chi connectivity index (χ0n) is 20.1. The fourth-order valence-corrected chi connectivity index (χ4v) is 4.63. The van der Waals surface area contributed by atoms with Crippen LogP contribution in [0, 0.1) is 0 Å². The van der Waals surface area contributed by atoms with Crippen LogP contribution in [0.1, 0.15) is 23.1 Å². The molecule has 0 amide bonds. The van der Waals surface area contributed by atoms with Gasteiger partial charge in [-0.2, -0.15) is 0 Å². The maximum absolute atomic E-state index is 13.1. The molecule has 0 aliphatic rings. The summed E-state index contributed by atoms with van der Waals surface area (Å²) in [5.41, 5.74) is 8.30. The van der Waals surface area contributed by atoms with Gasteiger partial charge in [0.25, 0.3) is 0 Å². The zero-order valence-corrected chi connectivity index (χ0v) is 21.0. The van der Waals surface area contributed by atoms with Gasteiger partial charge in [0.15, 0.2) is 0 Å². The van der Waals surface area contributed by atoms with Crippen molar-refractivity contribution in [3.8, 4) is 5.75 Å². The predicted molar refractivity (Wildman–Crippen MR) is 135 cm³/mol. The van der Waals surface area contributed by atoms with E-state index in [0.717, 1.165) is 11.1 Å². The van der Waals surface area contributed by atoms with Gasteiger partial charge in [0.05, 0.1) is 12.6 Å². The van der Waals surface area contributed by atoms with Crippen LogP contribution in [0.2, 0.25) is 0 Å². The molecule has 3 rings (SSSR count). The summed E-state index contributed by atoms with van der Waals surface area (Å²) >= 11 is 0. The van der Waals surface area contributed by atoms with E-state index in [2.05, 4.69) is 0 Å². The highest BCUT2D eigenvalue weighted by molar-refractivity contribution is 7.54. The van der Waals surface area contributed by atoms with Crippen molar-refractivity contribution in [3.63, 3.8) is 0 Å². The van der Waals surface area contributed by atoms with Crippen LogP contribution in [-0.4, -0.2) is 31.3 Å². The number of benzene rings is 3. The van der Waals surface area contributed by atoms with Crippen LogP contribution in [0.4, 0.5) is 0 Å². The normalized spacial score (nSPS) is 13.3. The highest BCUT2D eigenvalue weighted by Gasteiger charge is 2.28. The molecule has 3 aromatic carbocycles. The monoisotopic (exact) mass is 511 g/mol. The number of carbonyl (C=O) groups is 2. The average Bonchev–Trinajstić information content (AvgIpc) is 2.90. The summed E-state index contributed by atoms with van der Waals surface area (Å²) in [5, 5.41) is 0. The molecule has 0 fully saturated rings. The standard InChI is InChI=1S/C27H30NO7P/c1-32-36(31,16-15-25(28)27(30)34-20-22-11-6-3-7-12-22)35-24-14-8-13-23(17-24)18-26(29)33-19-21-9-4-2-5-10-21/h2-14,17,25H,15-16,18-20,28H2,1H3/t25-,36-/m1/s1. The van der Waals surface area contributed by atoms with Gasteiger partial charge in [0.1, 0.15) is 25.0 Å². The molecule has 2 N–H and O–H groups in total. The maximum atomic E-state index is 13.1. The minimum atomic E-state index is -3.60. The lowest BCUT2D eigenvalue weighted by atomic mass is 10.1. The summed E-state index contributed by atoms with van der Waals surface area (Å²) in [7, 11) is -2.33. The summed E-state index contributed by atoms with van der Waals surface area (Å²) in [6.45, 7) is 0.287. The van der Waals surface area contributed by atoms with E-state index in [1.165, 1.54) is 7.11 Å². The van der Waals surface area contributed by atoms with Crippen molar-refractivity contribution in [1.29, 1.82) is 0 Å². The van der Waals surface area contributed by atoms with Crippen LogP contribution < -0.4 is 10.3 Å². The summed E-state index contributed by atoms with van der Waals surface area (Å²) < 4.78 is 34.4. The molecule has 0 aliphatic heterocycles. The van der Waals surface area contributed by atoms with Crippen LogP contribution in [0.25, 0.3) is 0 Å². The second kappa shape index (κ2) is 13.6. The highest BCUT2D eigenvalue weighted by atomic mass is 31.2. The molecule has 0 bridgehead atoms. The van der Waals surface area contributed by atoms with Crippen molar-refractivity contribution in [1.82, 2.24) is 0 Å². The van der Waals surface area contributed by atoms with Crippen LogP contribution in [0.5, 0.6) is 5.75 Å². The van der Waals surface area contributed by atoms with Crippen molar-refractivity contribution in [3.05, 3.63) is 102 Å². The first-order valence-corrected chi connectivity index (χ1v) is 13.2. The lowest BCUT2D eigenvalue weighted by Crippen LogP contribution is -2.33. The van der Waals surface area contributed by atoms with Gasteiger partial charge in [-0.05, 0) is 35.2 Å². The van der Waals surface area contributed by atoms with Crippen LogP contribution in [0.3, 0.4) is 0 Å². The molecule has 0 saturated heterocycles. The Balaban J connectivity index is 1.49. The Labute approximate surface area is 210 Å². The number of rotatable bonds is 13. The number of esters is 2. The van der Waals surface area contributed by atoms with Crippen LogP contribution >= 0.6 is 7.60 Å². The van der Waals surface area contributed by atoms with E-state index in [-0.39, 0.29) is 38.0 Å². The molecule has 0 heterocycles. The Morgan fingerprint density at radius 3 is 2.03 bits per heavy atom. The van der Waals surface area contributed by atoms with E-state index in [0.29, 0.717) is 5.56 Å². The quantitative estimate of drug-likeness (QED) is 0.261. The van der Waals surface area contributed by atoms with Gasteiger partial charge >= 0.3 is 19.5 Å². The summed E-state index contributed by atoms with van der Waals surface area (Å²) in [4.78, 5) is 24.4. The molecule has 0 aromatic heterocycles. The van der Waals surface area contributed by atoms with Gasteiger partial charge in [-0.1, -0.05) is 72.8 Å². The van der Waals surface area contributed by atoms with Gasteiger partial charge in [0, 0.05) is 7.11 Å². The lowest BCUT2D eigenvalue weighted by Gasteiger charge is -2.19. The van der Waals surface area contributed by atoms with Gasteiger partial charge in [-0.25, -0.2) is 4.57 Å². The van der Waals surface area contributed by atoms with Gasteiger partial charge in [-0.3, -0.25) is 9.59 Å². The fraction of sp³-hybridized carbons (Fsp3) is 0.259. The molecule has 0 aliphatic carbocycles. The predicted octanol–water partition coefficient (Wildman–Crippen LogP) is 4.65. The van der Waals surface area contributed by atoms with Gasteiger partial charge in [-0.15, -0.1) is 0 Å². The minimum absolute atomic E-state index is 0.0272. The summed E-state index contributed by atoms with van der Waals surface area (Å²) in [6.07, 6.45) is -0.0157. The van der Waals surface area contributed by atoms with Gasteiger partial charge in [0.2, 0.25) is 0 Å². The summed E-state index contributed by atoms with van der Waals surface area (Å²) in [5.74, 6) is -0.725. The second-order valence-corrected chi connectivity index (χ2v) is 10.3. The molecular weight excluding hydrogens is 481 g/mol. The van der Waals surface area contributed by atoms with Crippen LogP contribution in [-0.2, 0) is 47.8 Å². The van der Waals surface area contributed by atoms with Crippen molar-refractivity contribution in [2.45, 2.75) is 32.1 Å². The number of nitrogens with two attached hydrogens (primary N) is 1. The van der Waals surface area contributed by atoms with E-state index < -0.39 is 25.6 Å². The molecule has 0 radical (unpaired) electrons. The summed E-state index contributed by atoms with van der Waals surface area (Å²) in [6, 6.07) is 24.3. The Morgan fingerprint density at radius 1 is 0.833 bits per heavy atom. The zero-order chi connectivity index (χ0) is 25.8. The Morgan fingerprint density at radius 2 is 1.42 bits per heavy atom. The molecule has 0 spiro atoms. The van der Waals surface area contributed by atoms with E-state index in [9.17, 15) is 14.2 Å². The third-order valence-electron chi connectivity index (χ3n) is 5.25. The Bertz CT molecular complexity index is 1170. The molecule has 190 valence electrons. The van der Waals surface area contributed by atoms with E-state index in [1.54, 1.807) is 24.3 Å². The van der Waals surface area contributed by atoms with E-state index in [1.807, 2.05) is 60.7 Å². The molecule has 2 atom stereocenters. The first-order valence-electron chi connectivity index (χ1n) is 11.5. The van der Waals surface area contributed by atoms with Crippen LogP contribution in [0.15, 0.2) is 84.9 Å². The lowest BCUT2D eigenvalue weighted by molar-refractivity contribution is -0.146. The van der Waals surface area contributed by atoms with Crippen molar-refractivity contribution >= 4 is 19.5 Å². The van der Waals surface area contributed by atoms with E-state index in [4.69, 9.17) is 24.3 Å². The maximum Gasteiger partial charge on any atom is 0.378 e. The Hall–Kier alpha value is -3.45. The largest absolute Gasteiger partial charge is 0.461 e. The SMILES string of the molecule is CO[P@](=O)(CC[C@@H](N)C(=O)OCc1ccccc1)Oc1cccc(CC(=O)OCc2ccccc2)c1.